The molecule has 0 saturated heterocycles. The highest BCUT2D eigenvalue weighted by Crippen LogP contribution is 2.13. The Kier molecular flexibility index (Phi) is 8.05. The van der Waals surface area contributed by atoms with E-state index in [2.05, 4.69) is 31.7 Å². The van der Waals surface area contributed by atoms with E-state index in [0.717, 1.165) is 5.56 Å². The Balaban J connectivity index is 1.83. The van der Waals surface area contributed by atoms with Gasteiger partial charge in [-0.05, 0) is 27.9 Å². The number of aliphatic carboxylic acids is 1. The number of benzene rings is 1. The number of hydrogen-bond acceptors (Lipinski definition) is 6. The number of carboxylic acids is 1. The molecule has 1 heterocycles. The maximum absolute atomic E-state index is 12.3. The standard InChI is InChI=1S/C17H20BrN3O6/c18-14-8-12(27-21-14)9-19-16(24)13(6-7-15(22)23)20-17(25)26-10-11-4-2-1-3-5-11/h1-5,12-13H,6-10H2,(H,19,24)(H,20,25)(H,22,23)/t12?,13-/m0/s1. The summed E-state index contributed by atoms with van der Waals surface area (Å²) >= 11 is 3.20. The Bertz CT molecular complexity index is 697. The molecule has 3 N–H and O–H groups in total. The van der Waals surface area contributed by atoms with Gasteiger partial charge in [0.05, 0.1) is 6.54 Å². The summed E-state index contributed by atoms with van der Waals surface area (Å²) in [6.45, 7) is 0.225. The molecule has 10 heteroatoms. The number of carbonyl (C=O) groups excluding carboxylic acids is 2. The molecule has 0 aliphatic carbocycles. The third-order valence-electron chi connectivity index (χ3n) is 3.67. The van der Waals surface area contributed by atoms with Crippen LogP contribution in [0.15, 0.2) is 35.5 Å². The molecule has 1 aromatic carbocycles. The van der Waals surface area contributed by atoms with E-state index in [4.69, 9.17) is 14.7 Å². The highest BCUT2D eigenvalue weighted by Gasteiger charge is 2.25. The molecule has 0 spiro atoms. The SMILES string of the molecule is O=C(O)CC[C@H](NC(=O)OCc1ccccc1)C(=O)NCC1CC(Br)=NO1. The maximum Gasteiger partial charge on any atom is 0.408 e. The zero-order chi connectivity index (χ0) is 19.6. The van der Waals surface area contributed by atoms with Gasteiger partial charge in [0.15, 0.2) is 6.10 Å². The third kappa shape index (κ3) is 7.65. The van der Waals surface area contributed by atoms with Gasteiger partial charge in [0.25, 0.3) is 0 Å². The average molecular weight is 442 g/mol. The number of alkyl carbamates (subject to hydrolysis) is 1. The summed E-state index contributed by atoms with van der Waals surface area (Å²) < 4.78 is 5.73. The second-order valence-electron chi connectivity index (χ2n) is 5.84. The molecule has 1 aliphatic heterocycles. The summed E-state index contributed by atoms with van der Waals surface area (Å²) in [4.78, 5) is 40.2. The van der Waals surface area contributed by atoms with E-state index < -0.39 is 24.0 Å². The van der Waals surface area contributed by atoms with Crippen molar-refractivity contribution in [3.63, 3.8) is 0 Å². The first-order chi connectivity index (χ1) is 12.9. The molecule has 0 saturated carbocycles. The van der Waals surface area contributed by atoms with E-state index in [-0.39, 0.29) is 32.1 Å². The summed E-state index contributed by atoms with van der Waals surface area (Å²) in [5.74, 6) is -1.58. The average Bonchev–Trinajstić information content (AvgIpc) is 3.07. The number of hydrogen-bond donors (Lipinski definition) is 3. The number of oxime groups is 1. The highest BCUT2D eigenvalue weighted by molar-refractivity contribution is 9.18. The first-order valence-electron chi connectivity index (χ1n) is 8.29. The lowest BCUT2D eigenvalue weighted by Gasteiger charge is -2.18. The van der Waals surface area contributed by atoms with Crippen LogP contribution in [0.1, 0.15) is 24.8 Å². The topological polar surface area (TPSA) is 126 Å². The normalized spacial score (nSPS) is 16.6. The molecule has 0 bridgehead atoms. The predicted molar refractivity (Wildman–Crippen MR) is 99.3 cm³/mol. The molecular formula is C17H20BrN3O6. The molecule has 0 fully saturated rings. The Labute approximate surface area is 164 Å². The van der Waals surface area contributed by atoms with Gasteiger partial charge in [-0.3, -0.25) is 9.59 Å². The fraction of sp³-hybridized carbons (Fsp3) is 0.412. The highest BCUT2D eigenvalue weighted by atomic mass is 79.9. The number of ether oxygens (including phenoxy) is 1. The number of rotatable bonds is 9. The molecule has 2 atom stereocenters. The number of carbonyl (C=O) groups is 3. The van der Waals surface area contributed by atoms with E-state index in [1.165, 1.54) is 0 Å². The molecule has 0 radical (unpaired) electrons. The van der Waals surface area contributed by atoms with Crippen LogP contribution in [-0.2, 0) is 25.8 Å². The molecular weight excluding hydrogens is 422 g/mol. The minimum absolute atomic E-state index is 0.0429. The van der Waals surface area contributed by atoms with Crippen molar-refractivity contribution in [2.75, 3.05) is 6.54 Å². The minimum Gasteiger partial charge on any atom is -0.481 e. The van der Waals surface area contributed by atoms with Gasteiger partial charge < -0.3 is 25.3 Å². The van der Waals surface area contributed by atoms with Gasteiger partial charge in [-0.2, -0.15) is 0 Å². The summed E-state index contributed by atoms with van der Waals surface area (Å²) in [5, 5.41) is 17.6. The predicted octanol–water partition coefficient (Wildman–Crippen LogP) is 1.76. The summed E-state index contributed by atoms with van der Waals surface area (Å²) in [7, 11) is 0. The molecule has 1 aliphatic rings. The second kappa shape index (κ2) is 10.5. The summed E-state index contributed by atoms with van der Waals surface area (Å²) in [6.07, 6.45) is -0.924. The number of nitrogens with zero attached hydrogens (tertiary/aromatic N) is 1. The number of amides is 2. The molecule has 9 nitrogen and oxygen atoms in total. The van der Waals surface area contributed by atoms with Crippen LogP contribution in [0.3, 0.4) is 0 Å². The quantitative estimate of drug-likeness (QED) is 0.535. The van der Waals surface area contributed by atoms with Gasteiger partial charge in [-0.25, -0.2) is 4.79 Å². The van der Waals surface area contributed by atoms with Crippen molar-refractivity contribution in [1.82, 2.24) is 10.6 Å². The van der Waals surface area contributed by atoms with Crippen molar-refractivity contribution >= 4 is 38.5 Å². The van der Waals surface area contributed by atoms with Gasteiger partial charge in [0.1, 0.15) is 17.3 Å². The minimum atomic E-state index is -1.07. The molecule has 146 valence electrons. The van der Waals surface area contributed by atoms with Gasteiger partial charge in [-0.1, -0.05) is 35.5 Å². The molecule has 27 heavy (non-hydrogen) atoms. The van der Waals surface area contributed by atoms with Crippen LogP contribution >= 0.6 is 15.9 Å². The second-order valence-corrected chi connectivity index (χ2v) is 6.75. The fourth-order valence-corrected chi connectivity index (χ4v) is 2.73. The zero-order valence-electron chi connectivity index (χ0n) is 14.4. The molecule has 1 unspecified atom stereocenters. The van der Waals surface area contributed by atoms with Crippen LogP contribution in [-0.4, -0.2) is 46.4 Å². The van der Waals surface area contributed by atoms with E-state index >= 15 is 0 Å². The third-order valence-corrected chi connectivity index (χ3v) is 4.14. The van der Waals surface area contributed by atoms with E-state index in [0.29, 0.717) is 11.0 Å². The Hall–Kier alpha value is -2.62. The maximum atomic E-state index is 12.3. The fourth-order valence-electron chi connectivity index (χ4n) is 2.28. The van der Waals surface area contributed by atoms with Gasteiger partial charge in [0, 0.05) is 12.8 Å². The molecule has 0 aromatic heterocycles. The van der Waals surface area contributed by atoms with Crippen molar-refractivity contribution in [3.8, 4) is 0 Å². The van der Waals surface area contributed by atoms with Crippen LogP contribution in [0.2, 0.25) is 0 Å². The lowest BCUT2D eigenvalue weighted by atomic mass is 10.1. The first kappa shape index (κ1) is 20.7. The van der Waals surface area contributed by atoms with Crippen LogP contribution in [0.25, 0.3) is 0 Å². The van der Waals surface area contributed by atoms with E-state index in [1.54, 1.807) is 12.1 Å². The Morgan fingerprint density at radius 3 is 2.70 bits per heavy atom. The van der Waals surface area contributed by atoms with Gasteiger partial charge in [0.2, 0.25) is 5.91 Å². The molecule has 2 amide bonds. The number of halogens is 1. The zero-order valence-corrected chi connectivity index (χ0v) is 16.0. The van der Waals surface area contributed by atoms with Gasteiger partial charge in [-0.15, -0.1) is 0 Å². The Morgan fingerprint density at radius 2 is 2.07 bits per heavy atom. The molecule has 2 rings (SSSR count). The van der Waals surface area contributed by atoms with Crippen LogP contribution < -0.4 is 10.6 Å². The Morgan fingerprint density at radius 1 is 1.33 bits per heavy atom. The number of nitrogens with one attached hydrogen (secondary N) is 2. The molecule has 1 aromatic rings. The van der Waals surface area contributed by atoms with Crippen LogP contribution in [0.4, 0.5) is 4.79 Å². The smallest absolute Gasteiger partial charge is 0.408 e. The van der Waals surface area contributed by atoms with Crippen molar-refractivity contribution in [3.05, 3.63) is 35.9 Å². The van der Waals surface area contributed by atoms with Crippen molar-refractivity contribution < 1.29 is 29.1 Å². The first-order valence-corrected chi connectivity index (χ1v) is 9.08. The van der Waals surface area contributed by atoms with Crippen LogP contribution in [0.5, 0.6) is 0 Å². The lowest BCUT2D eigenvalue weighted by molar-refractivity contribution is -0.137. The monoisotopic (exact) mass is 441 g/mol. The lowest BCUT2D eigenvalue weighted by Crippen LogP contribution is -2.48. The largest absolute Gasteiger partial charge is 0.481 e. The van der Waals surface area contributed by atoms with E-state index in [9.17, 15) is 14.4 Å². The summed E-state index contributed by atoms with van der Waals surface area (Å²) in [6, 6.07) is 8.02. The van der Waals surface area contributed by atoms with Crippen LogP contribution in [0, 0.1) is 0 Å². The summed E-state index contributed by atoms with van der Waals surface area (Å²) in [5.41, 5.74) is 0.795. The van der Waals surface area contributed by atoms with Crippen molar-refractivity contribution in [1.29, 1.82) is 0 Å². The van der Waals surface area contributed by atoms with Crippen molar-refractivity contribution in [2.45, 2.75) is 38.0 Å². The van der Waals surface area contributed by atoms with E-state index in [1.807, 2.05) is 18.2 Å². The van der Waals surface area contributed by atoms with Crippen molar-refractivity contribution in [2.24, 2.45) is 5.16 Å². The number of carboxylic acid groups (broad SMARTS) is 1. The van der Waals surface area contributed by atoms with Gasteiger partial charge >= 0.3 is 12.1 Å².